The van der Waals surface area contributed by atoms with Crippen LogP contribution >= 0.6 is 11.3 Å². The SMILES string of the molecule is CS(=O)(=O)Nc1cccc(-c2csc3cnc(Nc4ccc(N5CCN(CCOCCOCCOc6cccc7c6C(=O)N(C6CCC(=O)NC6=O)C7=O)CC5)cc4)nc23)c1. The molecule has 19 heteroatoms. The lowest BCUT2D eigenvalue weighted by atomic mass is 10.0. The Kier molecular flexibility index (Phi) is 12.5. The van der Waals surface area contributed by atoms with Gasteiger partial charge in [0.05, 0.1) is 60.2 Å². The van der Waals surface area contributed by atoms with E-state index < -0.39 is 39.7 Å². The number of hydrogen-bond donors (Lipinski definition) is 3. The van der Waals surface area contributed by atoms with Gasteiger partial charge in [-0.25, -0.2) is 18.4 Å². The Morgan fingerprint density at radius 3 is 2.38 bits per heavy atom. The molecule has 3 aliphatic rings. The number of sulfonamides is 1. The molecule has 3 aliphatic heterocycles. The zero-order valence-corrected chi connectivity index (χ0v) is 34.9. The molecule has 5 aromatic rings. The molecule has 2 fully saturated rings. The lowest BCUT2D eigenvalue weighted by molar-refractivity contribution is -0.136. The number of anilines is 4. The van der Waals surface area contributed by atoms with Crippen LogP contribution in [0.4, 0.5) is 23.0 Å². The second-order valence-electron chi connectivity index (χ2n) is 14.7. The van der Waals surface area contributed by atoms with E-state index in [1.807, 2.05) is 29.6 Å². The molecule has 0 bridgehead atoms. The minimum absolute atomic E-state index is 0.0497. The maximum Gasteiger partial charge on any atom is 0.266 e. The lowest BCUT2D eigenvalue weighted by Crippen LogP contribution is -2.54. The molecule has 5 heterocycles. The summed E-state index contributed by atoms with van der Waals surface area (Å²) in [5.41, 5.74) is 5.29. The van der Waals surface area contributed by atoms with Gasteiger partial charge in [-0.2, -0.15) is 0 Å². The Hall–Kier alpha value is -5.99. The summed E-state index contributed by atoms with van der Waals surface area (Å²) in [6, 6.07) is 19.2. The predicted octanol–water partition coefficient (Wildman–Crippen LogP) is 4.11. The molecule has 0 aliphatic carbocycles. The molecule has 8 rings (SSSR count). The Balaban J connectivity index is 0.723. The van der Waals surface area contributed by atoms with Crippen molar-refractivity contribution >= 4 is 78.2 Å². The fourth-order valence-corrected chi connectivity index (χ4v) is 8.93. The van der Waals surface area contributed by atoms with Crippen LogP contribution in [0.25, 0.3) is 21.3 Å². The van der Waals surface area contributed by atoms with Crippen LogP contribution in [-0.2, 0) is 29.1 Å². The summed E-state index contributed by atoms with van der Waals surface area (Å²) in [6.07, 6.45) is 3.05. The predicted molar refractivity (Wildman–Crippen MR) is 230 cm³/mol. The van der Waals surface area contributed by atoms with Crippen molar-refractivity contribution in [3.63, 3.8) is 0 Å². The largest absolute Gasteiger partial charge is 0.490 e. The lowest BCUT2D eigenvalue weighted by Gasteiger charge is -2.36. The van der Waals surface area contributed by atoms with Gasteiger partial charge in [0.1, 0.15) is 18.4 Å². The summed E-state index contributed by atoms with van der Waals surface area (Å²) in [4.78, 5) is 65.1. The van der Waals surface area contributed by atoms with E-state index in [9.17, 15) is 27.6 Å². The van der Waals surface area contributed by atoms with Gasteiger partial charge < -0.3 is 24.4 Å². The van der Waals surface area contributed by atoms with E-state index in [4.69, 9.17) is 19.2 Å². The summed E-state index contributed by atoms with van der Waals surface area (Å²) >= 11 is 1.53. The number of benzene rings is 3. The molecule has 4 amide bonds. The smallest absolute Gasteiger partial charge is 0.266 e. The summed E-state index contributed by atoms with van der Waals surface area (Å²) < 4.78 is 44.3. The zero-order chi connectivity index (χ0) is 42.5. The number of thiophene rings is 1. The van der Waals surface area contributed by atoms with E-state index >= 15 is 0 Å². The molecule has 61 heavy (non-hydrogen) atoms. The molecule has 2 aromatic heterocycles. The molecule has 3 aromatic carbocycles. The number of fused-ring (bicyclic) bond motifs is 2. The van der Waals surface area contributed by atoms with E-state index in [-0.39, 0.29) is 42.9 Å². The van der Waals surface area contributed by atoms with Crippen molar-refractivity contribution in [1.82, 2.24) is 25.1 Å². The number of amides is 4. The highest BCUT2D eigenvalue weighted by Crippen LogP contribution is 2.36. The highest BCUT2D eigenvalue weighted by molar-refractivity contribution is 7.92. The van der Waals surface area contributed by atoms with E-state index in [1.165, 1.54) is 17.4 Å². The molecule has 2 saturated heterocycles. The summed E-state index contributed by atoms with van der Waals surface area (Å²) in [5.74, 6) is -1.58. The minimum Gasteiger partial charge on any atom is -0.490 e. The van der Waals surface area contributed by atoms with Gasteiger partial charge in [0, 0.05) is 67.2 Å². The standard InChI is InChI=1S/C42H44N8O9S2/c1-61(55,56)47-29-5-2-4-27(24-29)32-26-60-35-25-43-42(46-38(32)35)44-28-8-10-30(11-9-28)49-16-14-48(15-17-49)18-19-57-20-21-58-22-23-59-34-7-3-6-31-37(34)41(54)50(40(31)53)33-12-13-36(51)45-39(33)52/h2-11,24-26,33,47H,12-23H2,1H3,(H,43,44,46)(H,45,51,52). The van der Waals surface area contributed by atoms with Gasteiger partial charge in [-0.3, -0.25) is 39.0 Å². The van der Waals surface area contributed by atoms with Gasteiger partial charge in [0.2, 0.25) is 27.8 Å². The number of ether oxygens (including phenoxy) is 3. The van der Waals surface area contributed by atoms with Crippen LogP contribution in [-0.4, -0.2) is 130 Å². The number of piperazine rings is 1. The first-order valence-electron chi connectivity index (χ1n) is 19.8. The van der Waals surface area contributed by atoms with E-state index in [2.05, 4.69) is 42.3 Å². The van der Waals surface area contributed by atoms with Crippen LogP contribution in [0.15, 0.2) is 78.3 Å². The van der Waals surface area contributed by atoms with Crippen molar-refractivity contribution in [2.24, 2.45) is 0 Å². The molecule has 318 valence electrons. The first-order chi connectivity index (χ1) is 29.5. The Bertz CT molecular complexity index is 2560. The normalized spacial score (nSPS) is 17.2. The summed E-state index contributed by atoms with van der Waals surface area (Å²) in [7, 11) is -3.40. The number of carbonyl (C=O) groups excluding carboxylic acids is 4. The number of imide groups is 2. The second-order valence-corrected chi connectivity index (χ2v) is 17.4. The highest BCUT2D eigenvalue weighted by Gasteiger charge is 2.46. The van der Waals surface area contributed by atoms with Gasteiger partial charge in [0.15, 0.2) is 0 Å². The first-order valence-corrected chi connectivity index (χ1v) is 22.6. The van der Waals surface area contributed by atoms with Crippen LogP contribution in [0.2, 0.25) is 0 Å². The molecule has 1 atom stereocenters. The first kappa shape index (κ1) is 41.7. The molecule has 17 nitrogen and oxygen atoms in total. The number of carbonyl (C=O) groups is 4. The van der Waals surface area contributed by atoms with Crippen molar-refractivity contribution < 1.29 is 41.8 Å². The third-order valence-electron chi connectivity index (χ3n) is 10.5. The topological polar surface area (TPSA) is 202 Å². The van der Waals surface area contributed by atoms with Crippen molar-refractivity contribution in [2.45, 2.75) is 18.9 Å². The monoisotopic (exact) mass is 868 g/mol. The number of nitrogens with zero attached hydrogens (tertiary/aromatic N) is 5. The second kappa shape index (κ2) is 18.3. The van der Waals surface area contributed by atoms with E-state index in [0.717, 1.165) is 76.6 Å². The molecule has 1 unspecified atom stereocenters. The third-order valence-corrected chi connectivity index (χ3v) is 12.0. The summed E-state index contributed by atoms with van der Waals surface area (Å²) in [6.45, 7) is 6.14. The average molecular weight is 869 g/mol. The van der Waals surface area contributed by atoms with Crippen molar-refractivity contribution in [1.29, 1.82) is 0 Å². The van der Waals surface area contributed by atoms with Crippen molar-refractivity contribution in [3.05, 3.63) is 89.4 Å². The van der Waals surface area contributed by atoms with Crippen molar-refractivity contribution in [3.8, 4) is 16.9 Å². The van der Waals surface area contributed by atoms with Gasteiger partial charge >= 0.3 is 0 Å². The number of rotatable bonds is 17. The zero-order valence-electron chi connectivity index (χ0n) is 33.3. The van der Waals surface area contributed by atoms with Crippen LogP contribution in [0.1, 0.15) is 33.6 Å². The van der Waals surface area contributed by atoms with Gasteiger partial charge in [-0.05, 0) is 60.5 Å². The van der Waals surface area contributed by atoms with Crippen LogP contribution < -0.4 is 25.0 Å². The number of aromatic nitrogens is 2. The number of piperidine rings is 1. The molecule has 3 N–H and O–H groups in total. The van der Waals surface area contributed by atoms with Gasteiger partial charge in [-0.15, -0.1) is 11.3 Å². The fourth-order valence-electron chi connectivity index (χ4n) is 7.50. The molecule has 0 saturated carbocycles. The highest BCUT2D eigenvalue weighted by atomic mass is 32.2. The molecule has 0 spiro atoms. The quantitative estimate of drug-likeness (QED) is 0.0891. The van der Waals surface area contributed by atoms with Gasteiger partial charge in [0.25, 0.3) is 11.8 Å². The summed E-state index contributed by atoms with van der Waals surface area (Å²) in [5, 5.41) is 7.51. The van der Waals surface area contributed by atoms with E-state index in [0.29, 0.717) is 31.5 Å². The molecule has 0 radical (unpaired) electrons. The minimum atomic E-state index is -3.40. The molecular formula is C42H44N8O9S2. The van der Waals surface area contributed by atoms with Gasteiger partial charge in [-0.1, -0.05) is 18.2 Å². The third kappa shape index (κ3) is 9.81. The Morgan fingerprint density at radius 2 is 1.61 bits per heavy atom. The van der Waals surface area contributed by atoms with Crippen molar-refractivity contribution in [2.75, 3.05) is 87.0 Å². The fraction of sp³-hybridized carbons (Fsp3) is 0.333. The maximum atomic E-state index is 13.2. The van der Waals surface area contributed by atoms with E-state index in [1.54, 1.807) is 30.5 Å². The van der Waals surface area contributed by atoms with Crippen LogP contribution in [0, 0.1) is 0 Å². The van der Waals surface area contributed by atoms with Crippen LogP contribution in [0.5, 0.6) is 5.75 Å². The van der Waals surface area contributed by atoms with Crippen LogP contribution in [0.3, 0.4) is 0 Å². The molecular weight excluding hydrogens is 825 g/mol. The Labute approximate surface area is 356 Å². The number of hydrogen-bond acceptors (Lipinski definition) is 15. The number of nitrogens with one attached hydrogen (secondary N) is 3. The average Bonchev–Trinajstić information content (AvgIpc) is 3.78. The Morgan fingerprint density at radius 1 is 0.852 bits per heavy atom. The maximum absolute atomic E-state index is 13.2.